The molecule has 1 rings (SSSR count). The maximum absolute atomic E-state index is 10.6. The number of hydrogen-bond donors (Lipinski definition) is 0. The van der Waals surface area contributed by atoms with Gasteiger partial charge in [0.1, 0.15) is 6.09 Å². The van der Waals surface area contributed by atoms with Crippen LogP contribution in [0.4, 0.5) is 9.59 Å². The second kappa shape index (κ2) is 3.62. The van der Waals surface area contributed by atoms with E-state index in [2.05, 4.69) is 0 Å². The van der Waals surface area contributed by atoms with Gasteiger partial charge in [-0.05, 0) is 11.6 Å². The summed E-state index contributed by atoms with van der Waals surface area (Å²) in [6, 6.07) is 0. The predicted molar refractivity (Wildman–Crippen MR) is 39.8 cm³/mol. The molecule has 1 fully saturated rings. The standard InChI is InChI=1S/C6H9ClN2O3/c7-5(10)8-1-3-9(4-2-8)6(11)12/h1-4H2,(H,11,12)/p-1. The zero-order chi connectivity index (χ0) is 9.14. The number of halogens is 1. The molecule has 1 heterocycles. The van der Waals surface area contributed by atoms with Crippen molar-refractivity contribution < 1.29 is 14.7 Å². The monoisotopic (exact) mass is 191 g/mol. The van der Waals surface area contributed by atoms with Crippen LogP contribution in [0.1, 0.15) is 0 Å². The molecule has 68 valence electrons. The van der Waals surface area contributed by atoms with Crippen LogP contribution < -0.4 is 5.11 Å². The molecule has 0 radical (unpaired) electrons. The lowest BCUT2D eigenvalue weighted by Gasteiger charge is -2.34. The molecule has 0 aromatic carbocycles. The van der Waals surface area contributed by atoms with E-state index in [1.807, 2.05) is 0 Å². The van der Waals surface area contributed by atoms with Gasteiger partial charge in [0.05, 0.1) is 0 Å². The van der Waals surface area contributed by atoms with Crippen molar-refractivity contribution >= 4 is 23.1 Å². The molecule has 0 unspecified atom stereocenters. The number of amides is 2. The highest BCUT2D eigenvalue weighted by Crippen LogP contribution is 2.03. The van der Waals surface area contributed by atoms with Crippen molar-refractivity contribution in [3.63, 3.8) is 0 Å². The van der Waals surface area contributed by atoms with E-state index in [0.717, 1.165) is 4.90 Å². The highest BCUT2D eigenvalue weighted by Gasteiger charge is 2.18. The van der Waals surface area contributed by atoms with Gasteiger partial charge in [-0.15, -0.1) is 0 Å². The summed E-state index contributed by atoms with van der Waals surface area (Å²) in [6.07, 6.45) is -1.20. The Morgan fingerprint density at radius 1 is 1.08 bits per heavy atom. The first kappa shape index (κ1) is 9.12. The second-order valence-corrected chi connectivity index (χ2v) is 2.82. The van der Waals surface area contributed by atoms with E-state index in [9.17, 15) is 14.7 Å². The van der Waals surface area contributed by atoms with Crippen LogP contribution in [0.5, 0.6) is 0 Å². The summed E-state index contributed by atoms with van der Waals surface area (Å²) in [7, 11) is 0. The normalized spacial score (nSPS) is 17.8. The molecule has 6 heteroatoms. The molecule has 0 aliphatic carbocycles. The molecule has 0 spiro atoms. The minimum absolute atomic E-state index is 0.279. The van der Waals surface area contributed by atoms with Crippen LogP contribution in [-0.4, -0.2) is 47.4 Å². The molecule has 12 heavy (non-hydrogen) atoms. The van der Waals surface area contributed by atoms with E-state index < -0.39 is 11.5 Å². The summed E-state index contributed by atoms with van der Waals surface area (Å²) < 4.78 is 0. The van der Waals surface area contributed by atoms with Crippen LogP contribution in [0, 0.1) is 0 Å². The molecule has 1 aliphatic rings. The van der Waals surface area contributed by atoms with Gasteiger partial charge in [-0.1, -0.05) is 0 Å². The summed E-state index contributed by atoms with van der Waals surface area (Å²) in [5, 5.41) is 9.77. The van der Waals surface area contributed by atoms with Gasteiger partial charge < -0.3 is 19.7 Å². The van der Waals surface area contributed by atoms with Crippen LogP contribution in [0.3, 0.4) is 0 Å². The van der Waals surface area contributed by atoms with Gasteiger partial charge in [0.25, 0.3) is 0 Å². The van der Waals surface area contributed by atoms with Crippen LogP contribution in [0.2, 0.25) is 0 Å². The Kier molecular flexibility index (Phi) is 2.75. The predicted octanol–water partition coefficient (Wildman–Crippen LogP) is -0.694. The highest BCUT2D eigenvalue weighted by molar-refractivity contribution is 6.62. The first-order chi connectivity index (χ1) is 5.61. The Hall–Kier alpha value is -0.970. The minimum Gasteiger partial charge on any atom is -0.530 e. The van der Waals surface area contributed by atoms with Crippen molar-refractivity contribution in [2.75, 3.05) is 26.2 Å². The lowest BCUT2D eigenvalue weighted by molar-refractivity contribution is -0.266. The van der Waals surface area contributed by atoms with Gasteiger partial charge in [-0.25, -0.2) is 0 Å². The molecule has 0 aromatic rings. The summed E-state index contributed by atoms with van der Waals surface area (Å²) >= 11 is 5.19. The summed E-state index contributed by atoms with van der Waals surface area (Å²) in [5.41, 5.74) is 0. The van der Waals surface area contributed by atoms with E-state index in [1.165, 1.54) is 4.90 Å². The number of rotatable bonds is 0. The molecular formula is C6H8ClN2O3-. The number of carbonyl (C=O) groups excluding carboxylic acids is 2. The van der Waals surface area contributed by atoms with Crippen LogP contribution >= 0.6 is 11.6 Å². The van der Waals surface area contributed by atoms with Crippen molar-refractivity contribution in [1.82, 2.24) is 9.80 Å². The van der Waals surface area contributed by atoms with Gasteiger partial charge in [0.15, 0.2) is 0 Å². The quantitative estimate of drug-likeness (QED) is 0.376. The van der Waals surface area contributed by atoms with E-state index in [1.54, 1.807) is 0 Å². The Labute approximate surface area is 74.5 Å². The van der Waals surface area contributed by atoms with Gasteiger partial charge in [0, 0.05) is 26.2 Å². The molecule has 5 nitrogen and oxygen atoms in total. The number of piperazine rings is 1. The number of nitrogens with zero attached hydrogens (tertiary/aromatic N) is 2. The lowest BCUT2D eigenvalue weighted by atomic mass is 10.3. The minimum atomic E-state index is -1.20. The average molecular weight is 192 g/mol. The fourth-order valence-corrected chi connectivity index (χ4v) is 1.23. The van der Waals surface area contributed by atoms with Crippen molar-refractivity contribution in [2.24, 2.45) is 0 Å². The van der Waals surface area contributed by atoms with E-state index in [-0.39, 0.29) is 13.1 Å². The molecule has 0 saturated carbocycles. The van der Waals surface area contributed by atoms with Crippen LogP contribution in [0.15, 0.2) is 0 Å². The number of hydrogen-bond acceptors (Lipinski definition) is 3. The average Bonchev–Trinajstić information content (AvgIpc) is 2.04. The summed E-state index contributed by atoms with van der Waals surface area (Å²) in [6.45, 7) is 1.24. The Morgan fingerprint density at radius 2 is 1.50 bits per heavy atom. The van der Waals surface area contributed by atoms with E-state index in [0.29, 0.717) is 13.1 Å². The summed E-state index contributed by atoms with van der Waals surface area (Å²) in [4.78, 5) is 23.4. The maximum Gasteiger partial charge on any atom is 0.316 e. The third-order valence-corrected chi connectivity index (χ3v) is 2.03. The van der Waals surface area contributed by atoms with Crippen molar-refractivity contribution in [3.05, 3.63) is 0 Å². The van der Waals surface area contributed by atoms with Crippen molar-refractivity contribution in [1.29, 1.82) is 0 Å². The van der Waals surface area contributed by atoms with Crippen LogP contribution in [0.25, 0.3) is 0 Å². The SMILES string of the molecule is O=C([O-])N1CCN(C(=O)Cl)CC1. The third-order valence-electron chi connectivity index (χ3n) is 1.79. The van der Waals surface area contributed by atoms with E-state index in [4.69, 9.17) is 11.6 Å². The van der Waals surface area contributed by atoms with Gasteiger partial charge in [-0.3, -0.25) is 4.79 Å². The fraction of sp³-hybridized carbons (Fsp3) is 0.667. The number of carboxylic acid groups (broad SMARTS) is 1. The van der Waals surface area contributed by atoms with E-state index >= 15 is 0 Å². The first-order valence-electron chi connectivity index (χ1n) is 3.51. The van der Waals surface area contributed by atoms with Crippen LogP contribution in [-0.2, 0) is 0 Å². The highest BCUT2D eigenvalue weighted by atomic mass is 35.5. The van der Waals surface area contributed by atoms with Crippen molar-refractivity contribution in [3.8, 4) is 0 Å². The molecule has 1 aliphatic heterocycles. The first-order valence-corrected chi connectivity index (χ1v) is 3.89. The third kappa shape index (κ3) is 2.01. The fourth-order valence-electron chi connectivity index (χ4n) is 1.06. The second-order valence-electron chi connectivity index (χ2n) is 2.49. The van der Waals surface area contributed by atoms with Gasteiger partial charge >= 0.3 is 5.37 Å². The Bertz CT molecular complexity index is 179. The Morgan fingerprint density at radius 3 is 1.83 bits per heavy atom. The number of carbonyl (C=O) groups is 2. The molecule has 0 N–H and O–H groups in total. The largest absolute Gasteiger partial charge is 0.530 e. The summed E-state index contributed by atoms with van der Waals surface area (Å²) in [5.74, 6) is 0. The topological polar surface area (TPSA) is 63.7 Å². The molecule has 0 atom stereocenters. The van der Waals surface area contributed by atoms with Crippen molar-refractivity contribution in [2.45, 2.75) is 0 Å². The molecule has 2 amide bonds. The molecule has 1 saturated heterocycles. The molecule has 0 aromatic heterocycles. The zero-order valence-corrected chi connectivity index (χ0v) is 7.08. The molecule has 0 bridgehead atoms. The smallest absolute Gasteiger partial charge is 0.316 e. The lowest BCUT2D eigenvalue weighted by Crippen LogP contribution is -2.53. The Balaban J connectivity index is 2.39. The maximum atomic E-state index is 10.6. The van der Waals surface area contributed by atoms with Gasteiger partial charge in [0.2, 0.25) is 0 Å². The zero-order valence-electron chi connectivity index (χ0n) is 6.33. The van der Waals surface area contributed by atoms with Gasteiger partial charge in [-0.2, -0.15) is 0 Å². The molecular weight excluding hydrogens is 184 g/mol.